The highest BCUT2D eigenvalue weighted by molar-refractivity contribution is 9.10. The maximum atomic E-state index is 12.4. The van der Waals surface area contributed by atoms with Crippen molar-refractivity contribution in [3.8, 4) is 11.5 Å². The first-order valence-corrected chi connectivity index (χ1v) is 9.83. The van der Waals surface area contributed by atoms with Crippen LogP contribution in [-0.2, 0) is 11.4 Å². The zero-order valence-electron chi connectivity index (χ0n) is 15.2. The van der Waals surface area contributed by atoms with Crippen LogP contribution in [0.15, 0.2) is 56.8 Å². The average Bonchev–Trinajstić information content (AvgIpc) is 2.96. The summed E-state index contributed by atoms with van der Waals surface area (Å²) in [5.74, 6) is 1.17. The van der Waals surface area contributed by atoms with Crippen LogP contribution in [-0.4, -0.2) is 37.2 Å². The zero-order valence-corrected chi connectivity index (χ0v) is 17.6. The molecule has 0 N–H and O–H groups in total. The van der Waals surface area contributed by atoms with Crippen molar-refractivity contribution in [1.29, 1.82) is 0 Å². The number of likely N-dealkylation sites (N-methyl/N-ethyl adjacent to an activating group) is 1. The van der Waals surface area contributed by atoms with E-state index in [1.807, 2.05) is 48.5 Å². The molecule has 0 spiro atoms. The molecule has 0 radical (unpaired) electrons. The Hall–Kier alpha value is -2.25. The van der Waals surface area contributed by atoms with Crippen LogP contribution in [0, 0.1) is 0 Å². The van der Waals surface area contributed by atoms with Gasteiger partial charge in [-0.1, -0.05) is 46.3 Å². The highest BCUT2D eigenvalue weighted by Crippen LogP contribution is 2.38. The minimum Gasteiger partial charge on any atom is -0.493 e. The van der Waals surface area contributed by atoms with E-state index < -0.39 is 0 Å². The number of hydrogen-bond acceptors (Lipinski definition) is 5. The van der Waals surface area contributed by atoms with Crippen molar-refractivity contribution < 1.29 is 14.3 Å². The summed E-state index contributed by atoms with van der Waals surface area (Å²) in [6.07, 6.45) is 1.83. The number of methoxy groups -OCH3 is 1. The molecule has 0 aliphatic carbocycles. The Labute approximate surface area is 171 Å². The molecule has 5 nitrogen and oxygen atoms in total. The zero-order chi connectivity index (χ0) is 19.4. The van der Waals surface area contributed by atoms with Crippen molar-refractivity contribution in [2.24, 2.45) is 4.99 Å². The van der Waals surface area contributed by atoms with E-state index in [9.17, 15) is 4.79 Å². The van der Waals surface area contributed by atoms with Crippen LogP contribution in [0.25, 0.3) is 6.08 Å². The van der Waals surface area contributed by atoms with E-state index in [1.165, 1.54) is 11.8 Å². The van der Waals surface area contributed by atoms with E-state index in [-0.39, 0.29) is 5.91 Å². The third-order valence-electron chi connectivity index (χ3n) is 4.00. The first-order chi connectivity index (χ1) is 13.0. The van der Waals surface area contributed by atoms with Crippen LogP contribution in [0.3, 0.4) is 0 Å². The Kier molecular flexibility index (Phi) is 6.23. The van der Waals surface area contributed by atoms with Crippen LogP contribution >= 0.6 is 27.7 Å². The van der Waals surface area contributed by atoms with E-state index in [0.29, 0.717) is 28.2 Å². The molecular formula is C20H19BrN2O3S. The lowest BCUT2D eigenvalue weighted by Gasteiger charge is -2.13. The molecule has 1 aliphatic rings. The van der Waals surface area contributed by atoms with Gasteiger partial charge in [-0.15, -0.1) is 0 Å². The number of thioether (sulfide) groups is 1. The monoisotopic (exact) mass is 446 g/mol. The molecule has 1 aliphatic heterocycles. The van der Waals surface area contributed by atoms with Gasteiger partial charge in [0.2, 0.25) is 0 Å². The molecule has 0 atom stereocenters. The number of halogens is 1. The number of nitrogens with zero attached hydrogens (tertiary/aromatic N) is 2. The molecule has 1 fully saturated rings. The van der Waals surface area contributed by atoms with E-state index >= 15 is 0 Å². The summed E-state index contributed by atoms with van der Waals surface area (Å²) < 4.78 is 12.2. The SMILES string of the molecule is CN=C1S/C(=C/c2cc(OC)c(OCc3ccccc3)cc2Br)C(=O)N1C. The Morgan fingerprint density at radius 1 is 1.22 bits per heavy atom. The molecule has 0 saturated carbocycles. The molecule has 1 amide bonds. The molecule has 7 heteroatoms. The summed E-state index contributed by atoms with van der Waals surface area (Å²) in [6.45, 7) is 0.444. The minimum absolute atomic E-state index is 0.0733. The molecule has 3 rings (SSSR count). The summed E-state index contributed by atoms with van der Waals surface area (Å²) in [7, 11) is 4.99. The Morgan fingerprint density at radius 2 is 1.96 bits per heavy atom. The second kappa shape index (κ2) is 8.63. The van der Waals surface area contributed by atoms with Gasteiger partial charge in [0, 0.05) is 18.6 Å². The normalized spacial score (nSPS) is 17.0. The molecule has 140 valence electrons. The first-order valence-electron chi connectivity index (χ1n) is 8.22. The van der Waals surface area contributed by atoms with E-state index in [0.717, 1.165) is 15.6 Å². The number of hydrogen-bond donors (Lipinski definition) is 0. The van der Waals surface area contributed by atoms with Gasteiger partial charge in [-0.2, -0.15) is 0 Å². The maximum Gasteiger partial charge on any atom is 0.266 e. The number of aliphatic imine (C=N–C) groups is 1. The largest absolute Gasteiger partial charge is 0.493 e. The van der Waals surface area contributed by atoms with Gasteiger partial charge in [-0.25, -0.2) is 0 Å². The molecule has 0 aromatic heterocycles. The van der Waals surface area contributed by atoms with Crippen molar-refractivity contribution in [3.63, 3.8) is 0 Å². The number of ether oxygens (including phenoxy) is 2. The van der Waals surface area contributed by atoms with Crippen molar-refractivity contribution in [1.82, 2.24) is 4.90 Å². The molecule has 27 heavy (non-hydrogen) atoms. The highest BCUT2D eigenvalue weighted by atomic mass is 79.9. The van der Waals surface area contributed by atoms with Crippen LogP contribution in [0.1, 0.15) is 11.1 Å². The van der Waals surface area contributed by atoms with Gasteiger partial charge in [-0.3, -0.25) is 14.7 Å². The number of benzene rings is 2. The lowest BCUT2D eigenvalue weighted by Crippen LogP contribution is -2.23. The molecule has 0 bridgehead atoms. The number of amides is 1. The topological polar surface area (TPSA) is 51.1 Å². The molecule has 2 aromatic rings. The van der Waals surface area contributed by atoms with Crippen molar-refractivity contribution in [2.75, 3.05) is 21.2 Å². The fourth-order valence-corrected chi connectivity index (χ4v) is 3.91. The number of carbonyl (C=O) groups excluding carboxylic acids is 1. The number of amidine groups is 1. The molecule has 2 aromatic carbocycles. The minimum atomic E-state index is -0.0733. The smallest absolute Gasteiger partial charge is 0.266 e. The molecular weight excluding hydrogens is 428 g/mol. The standard InChI is InChI=1S/C20H19BrN2O3S/c1-22-20-23(2)19(24)18(27-20)10-14-9-16(25-3)17(11-15(14)21)26-12-13-7-5-4-6-8-13/h4-11H,12H2,1-3H3/b18-10+,22-20?. The van der Waals surface area contributed by atoms with Gasteiger partial charge in [0.25, 0.3) is 5.91 Å². The van der Waals surface area contributed by atoms with Gasteiger partial charge in [0.05, 0.1) is 12.0 Å². The number of carbonyl (C=O) groups is 1. The van der Waals surface area contributed by atoms with E-state index in [1.54, 1.807) is 26.1 Å². The number of rotatable bonds is 5. The second-order valence-electron chi connectivity index (χ2n) is 5.78. The van der Waals surface area contributed by atoms with E-state index in [2.05, 4.69) is 20.9 Å². The van der Waals surface area contributed by atoms with Crippen LogP contribution < -0.4 is 9.47 Å². The van der Waals surface area contributed by atoms with Gasteiger partial charge in [-0.05, 0) is 41.1 Å². The third kappa shape index (κ3) is 4.36. The van der Waals surface area contributed by atoms with Crippen molar-refractivity contribution >= 4 is 44.8 Å². The summed E-state index contributed by atoms with van der Waals surface area (Å²) in [6, 6.07) is 13.6. The van der Waals surface area contributed by atoms with Crippen molar-refractivity contribution in [3.05, 3.63) is 63.0 Å². The molecule has 1 heterocycles. The fourth-order valence-electron chi connectivity index (χ4n) is 2.56. The van der Waals surface area contributed by atoms with E-state index in [4.69, 9.17) is 9.47 Å². The van der Waals surface area contributed by atoms with Gasteiger partial charge < -0.3 is 9.47 Å². The Balaban J connectivity index is 1.86. The predicted octanol–water partition coefficient (Wildman–Crippen LogP) is 4.57. The third-order valence-corrected chi connectivity index (χ3v) is 5.84. The lowest BCUT2D eigenvalue weighted by molar-refractivity contribution is -0.121. The maximum absolute atomic E-state index is 12.4. The first kappa shape index (κ1) is 19.5. The van der Waals surface area contributed by atoms with Gasteiger partial charge in [0.15, 0.2) is 16.7 Å². The summed E-state index contributed by atoms with van der Waals surface area (Å²) >= 11 is 4.92. The van der Waals surface area contributed by atoms with Crippen LogP contribution in [0.2, 0.25) is 0 Å². The fraction of sp³-hybridized carbons (Fsp3) is 0.200. The lowest BCUT2D eigenvalue weighted by atomic mass is 10.1. The van der Waals surface area contributed by atoms with Gasteiger partial charge in [0.1, 0.15) is 6.61 Å². The molecule has 0 unspecified atom stereocenters. The summed E-state index contributed by atoms with van der Waals surface area (Å²) in [5, 5.41) is 0.678. The summed E-state index contributed by atoms with van der Waals surface area (Å²) in [4.78, 5) is 18.6. The van der Waals surface area contributed by atoms with Crippen LogP contribution in [0.4, 0.5) is 0 Å². The Bertz CT molecular complexity index is 913. The highest BCUT2D eigenvalue weighted by Gasteiger charge is 2.30. The summed E-state index contributed by atoms with van der Waals surface area (Å²) in [5.41, 5.74) is 1.91. The van der Waals surface area contributed by atoms with Gasteiger partial charge >= 0.3 is 0 Å². The molecule has 1 saturated heterocycles. The predicted molar refractivity (Wildman–Crippen MR) is 113 cm³/mol. The quantitative estimate of drug-likeness (QED) is 0.631. The van der Waals surface area contributed by atoms with Crippen molar-refractivity contribution in [2.45, 2.75) is 6.61 Å². The average molecular weight is 447 g/mol. The Morgan fingerprint density at radius 3 is 2.59 bits per heavy atom. The van der Waals surface area contributed by atoms with Crippen LogP contribution in [0.5, 0.6) is 11.5 Å². The second-order valence-corrected chi connectivity index (χ2v) is 7.64.